The first-order valence-corrected chi connectivity index (χ1v) is 10.3. The van der Waals surface area contributed by atoms with Crippen molar-refractivity contribution in [1.29, 1.82) is 0 Å². The lowest BCUT2D eigenvalue weighted by Crippen LogP contribution is -2.32. The topological polar surface area (TPSA) is 70.2 Å². The molecule has 0 aliphatic rings. The second kappa shape index (κ2) is 9.86. The Bertz CT molecular complexity index is 1240. The van der Waals surface area contributed by atoms with E-state index in [-0.39, 0.29) is 23.5 Å². The number of nitrogens with one attached hydrogen (secondary N) is 2. The number of benzene rings is 3. The molecule has 3 aromatic carbocycles. The lowest BCUT2D eigenvalue weighted by molar-refractivity contribution is 0.258. The molecule has 8 heteroatoms. The van der Waals surface area contributed by atoms with Gasteiger partial charge in [0.15, 0.2) is 0 Å². The van der Waals surface area contributed by atoms with Gasteiger partial charge in [0, 0.05) is 18.0 Å². The van der Waals surface area contributed by atoms with Gasteiger partial charge in [-0.25, -0.2) is 23.5 Å². The van der Waals surface area contributed by atoms with Gasteiger partial charge in [-0.15, -0.1) is 0 Å². The summed E-state index contributed by atoms with van der Waals surface area (Å²) in [4.78, 5) is 23.0. The van der Waals surface area contributed by atoms with Crippen molar-refractivity contribution in [1.82, 2.24) is 9.97 Å². The SMILES string of the molecule is CC(Nc1nccc(N(C(=O)Nc2ccc(F)cc2)c2ccccc2F)n1)c1ccccc1. The standard InChI is InChI=1S/C25H21F2N5O/c1-17(18-7-3-2-4-8-18)29-24-28-16-15-23(31-24)32(22-10-6-5-9-21(22)27)25(33)30-20-13-11-19(26)12-14-20/h2-17H,1H3,(H,30,33)(H,28,29,31). The van der Waals surface area contributed by atoms with Crippen molar-refractivity contribution >= 4 is 29.2 Å². The van der Waals surface area contributed by atoms with E-state index >= 15 is 0 Å². The largest absolute Gasteiger partial charge is 0.348 e. The summed E-state index contributed by atoms with van der Waals surface area (Å²) in [7, 11) is 0. The highest BCUT2D eigenvalue weighted by atomic mass is 19.1. The van der Waals surface area contributed by atoms with Crippen LogP contribution in [-0.4, -0.2) is 16.0 Å². The number of hydrogen-bond acceptors (Lipinski definition) is 4. The summed E-state index contributed by atoms with van der Waals surface area (Å²) in [5.74, 6) is -0.590. The Kier molecular flexibility index (Phi) is 6.54. The fraction of sp³-hybridized carbons (Fsp3) is 0.0800. The van der Waals surface area contributed by atoms with Crippen molar-refractivity contribution in [2.75, 3.05) is 15.5 Å². The number of aromatic nitrogens is 2. The molecule has 1 heterocycles. The highest BCUT2D eigenvalue weighted by Crippen LogP contribution is 2.28. The lowest BCUT2D eigenvalue weighted by atomic mass is 10.1. The van der Waals surface area contributed by atoms with E-state index in [9.17, 15) is 13.6 Å². The number of hydrogen-bond donors (Lipinski definition) is 2. The molecule has 0 radical (unpaired) electrons. The highest BCUT2D eigenvalue weighted by molar-refractivity contribution is 6.06. The molecule has 0 fully saturated rings. The van der Waals surface area contributed by atoms with Crippen LogP contribution in [0.5, 0.6) is 0 Å². The minimum atomic E-state index is -0.660. The minimum absolute atomic E-state index is 0.0119. The minimum Gasteiger partial charge on any atom is -0.348 e. The molecule has 1 unspecified atom stereocenters. The molecule has 4 aromatic rings. The van der Waals surface area contributed by atoms with E-state index in [4.69, 9.17) is 0 Å². The number of rotatable bonds is 6. The van der Waals surface area contributed by atoms with Crippen LogP contribution in [0.3, 0.4) is 0 Å². The van der Waals surface area contributed by atoms with Crippen molar-refractivity contribution in [3.8, 4) is 0 Å². The van der Waals surface area contributed by atoms with Crippen LogP contribution < -0.4 is 15.5 Å². The summed E-state index contributed by atoms with van der Waals surface area (Å²) in [5, 5.41) is 5.85. The van der Waals surface area contributed by atoms with E-state index in [0.29, 0.717) is 5.69 Å². The fourth-order valence-electron chi connectivity index (χ4n) is 3.24. The zero-order valence-corrected chi connectivity index (χ0v) is 17.7. The van der Waals surface area contributed by atoms with Gasteiger partial charge in [0.2, 0.25) is 5.95 Å². The van der Waals surface area contributed by atoms with Gasteiger partial charge in [-0.05, 0) is 48.9 Å². The Morgan fingerprint density at radius 2 is 1.61 bits per heavy atom. The van der Waals surface area contributed by atoms with Crippen LogP contribution in [0.15, 0.2) is 91.1 Å². The maximum absolute atomic E-state index is 14.7. The van der Waals surface area contributed by atoms with Gasteiger partial charge in [0.1, 0.15) is 17.5 Å². The summed E-state index contributed by atoms with van der Waals surface area (Å²) in [6, 6.07) is 21.7. The van der Waals surface area contributed by atoms with Gasteiger partial charge in [0.05, 0.1) is 11.7 Å². The Morgan fingerprint density at radius 3 is 2.33 bits per heavy atom. The van der Waals surface area contributed by atoms with Gasteiger partial charge >= 0.3 is 6.03 Å². The zero-order chi connectivity index (χ0) is 23.2. The van der Waals surface area contributed by atoms with Crippen LogP contribution in [0.2, 0.25) is 0 Å². The molecule has 1 aromatic heterocycles. The first kappa shape index (κ1) is 21.9. The number of nitrogens with zero attached hydrogens (tertiary/aromatic N) is 3. The first-order chi connectivity index (χ1) is 16.0. The van der Waals surface area contributed by atoms with E-state index in [1.54, 1.807) is 6.07 Å². The fourth-order valence-corrected chi connectivity index (χ4v) is 3.24. The molecule has 2 amide bonds. The molecule has 6 nitrogen and oxygen atoms in total. The van der Waals surface area contributed by atoms with Crippen molar-refractivity contribution in [3.63, 3.8) is 0 Å². The van der Waals surface area contributed by atoms with E-state index in [1.165, 1.54) is 54.7 Å². The molecule has 4 rings (SSSR count). The predicted molar refractivity (Wildman–Crippen MR) is 124 cm³/mol. The van der Waals surface area contributed by atoms with Gasteiger partial charge in [-0.2, -0.15) is 4.98 Å². The van der Waals surface area contributed by atoms with Crippen LogP contribution >= 0.6 is 0 Å². The Balaban J connectivity index is 1.65. The van der Waals surface area contributed by atoms with E-state index in [0.717, 1.165) is 10.5 Å². The van der Waals surface area contributed by atoms with Crippen molar-refractivity contribution in [2.24, 2.45) is 0 Å². The predicted octanol–water partition coefficient (Wildman–Crippen LogP) is 6.30. The number of para-hydroxylation sites is 1. The lowest BCUT2D eigenvalue weighted by Gasteiger charge is -2.23. The van der Waals surface area contributed by atoms with Gasteiger partial charge in [0.25, 0.3) is 0 Å². The molecular formula is C25H21F2N5O. The zero-order valence-electron chi connectivity index (χ0n) is 17.7. The molecule has 0 aliphatic carbocycles. The third-order valence-corrected chi connectivity index (χ3v) is 4.91. The second-order valence-corrected chi connectivity index (χ2v) is 7.24. The average Bonchev–Trinajstić information content (AvgIpc) is 2.83. The number of halogens is 2. The maximum atomic E-state index is 14.7. The summed E-state index contributed by atoms with van der Waals surface area (Å²) in [5.41, 5.74) is 1.40. The highest BCUT2D eigenvalue weighted by Gasteiger charge is 2.23. The Labute approximate surface area is 189 Å². The Hall–Kier alpha value is -4.33. The summed E-state index contributed by atoms with van der Waals surface area (Å²) in [6.07, 6.45) is 1.49. The van der Waals surface area contributed by atoms with E-state index < -0.39 is 17.7 Å². The van der Waals surface area contributed by atoms with E-state index in [1.807, 2.05) is 37.3 Å². The number of anilines is 4. The first-order valence-electron chi connectivity index (χ1n) is 10.3. The number of urea groups is 1. The van der Waals surface area contributed by atoms with Gasteiger partial charge in [-0.1, -0.05) is 42.5 Å². The molecular weight excluding hydrogens is 424 g/mol. The van der Waals surface area contributed by atoms with E-state index in [2.05, 4.69) is 20.6 Å². The molecule has 0 saturated carbocycles. The molecule has 0 spiro atoms. The molecule has 33 heavy (non-hydrogen) atoms. The third kappa shape index (κ3) is 5.30. The third-order valence-electron chi connectivity index (χ3n) is 4.91. The van der Waals surface area contributed by atoms with Crippen molar-refractivity contribution in [2.45, 2.75) is 13.0 Å². The monoisotopic (exact) mass is 445 g/mol. The van der Waals surface area contributed by atoms with Crippen molar-refractivity contribution in [3.05, 3.63) is 108 Å². The summed E-state index contributed by atoms with van der Waals surface area (Å²) < 4.78 is 27.9. The summed E-state index contributed by atoms with van der Waals surface area (Å²) in [6.45, 7) is 1.96. The number of amides is 2. The number of carbonyl (C=O) groups excluding carboxylic acids is 1. The van der Waals surface area contributed by atoms with Crippen molar-refractivity contribution < 1.29 is 13.6 Å². The van der Waals surface area contributed by atoms with Gasteiger partial charge < -0.3 is 10.6 Å². The molecule has 0 saturated heterocycles. The second-order valence-electron chi connectivity index (χ2n) is 7.24. The molecule has 0 bridgehead atoms. The molecule has 166 valence electrons. The Morgan fingerprint density at radius 1 is 0.909 bits per heavy atom. The average molecular weight is 445 g/mol. The summed E-state index contributed by atoms with van der Waals surface area (Å²) >= 11 is 0. The quantitative estimate of drug-likeness (QED) is 0.366. The molecule has 1 atom stereocenters. The van der Waals surface area contributed by atoms with Gasteiger partial charge in [-0.3, -0.25) is 0 Å². The molecule has 0 aliphatic heterocycles. The van der Waals surface area contributed by atoms with Crippen LogP contribution in [-0.2, 0) is 0 Å². The normalized spacial score (nSPS) is 11.5. The molecule has 2 N–H and O–H groups in total. The van der Waals surface area contributed by atoms with Crippen LogP contribution in [0.1, 0.15) is 18.5 Å². The maximum Gasteiger partial charge on any atom is 0.332 e. The number of carbonyl (C=O) groups is 1. The van der Waals surface area contributed by atoms with Crippen LogP contribution in [0.4, 0.5) is 36.7 Å². The van der Waals surface area contributed by atoms with Crippen LogP contribution in [0, 0.1) is 11.6 Å². The smallest absolute Gasteiger partial charge is 0.332 e. The van der Waals surface area contributed by atoms with Crippen LogP contribution in [0.25, 0.3) is 0 Å².